The highest BCUT2D eigenvalue weighted by molar-refractivity contribution is 5.25. The maximum absolute atomic E-state index is 13.4. The van der Waals surface area contributed by atoms with Gasteiger partial charge in [0.2, 0.25) is 0 Å². The average Bonchev–Trinajstić information content (AvgIpc) is 3.20. The van der Waals surface area contributed by atoms with Crippen molar-refractivity contribution in [3.8, 4) is 5.75 Å². The van der Waals surface area contributed by atoms with Gasteiger partial charge in [-0.15, -0.1) is 0 Å². The van der Waals surface area contributed by atoms with Crippen LogP contribution in [0.4, 0.5) is 4.39 Å². The molecule has 1 fully saturated rings. The molecule has 4 heteroatoms. The fourth-order valence-corrected chi connectivity index (χ4v) is 2.09. The normalized spacial score (nSPS) is 14.5. The molecule has 1 N–H and O–H groups in total. The monoisotopic (exact) mass is 275 g/mol. The highest BCUT2D eigenvalue weighted by Gasteiger charge is 2.21. The van der Waals surface area contributed by atoms with Crippen LogP contribution in [-0.4, -0.2) is 6.04 Å². The summed E-state index contributed by atoms with van der Waals surface area (Å²) in [6.45, 7) is 3.00. The molecule has 0 bridgehead atoms. The van der Waals surface area contributed by atoms with Crippen molar-refractivity contribution < 1.29 is 13.5 Å². The number of para-hydroxylation sites is 1. The molecule has 1 aromatic heterocycles. The highest BCUT2D eigenvalue weighted by atomic mass is 19.1. The maximum atomic E-state index is 13.4. The minimum atomic E-state index is -0.355. The van der Waals surface area contributed by atoms with Crippen LogP contribution in [0.25, 0.3) is 0 Å². The summed E-state index contributed by atoms with van der Waals surface area (Å²) in [5.41, 5.74) is 1.14. The Morgan fingerprint density at radius 1 is 1.35 bits per heavy atom. The van der Waals surface area contributed by atoms with E-state index in [0.717, 1.165) is 23.6 Å². The molecule has 1 saturated carbocycles. The van der Waals surface area contributed by atoms with Crippen LogP contribution < -0.4 is 10.1 Å². The predicted molar refractivity (Wildman–Crippen MR) is 74.0 cm³/mol. The fourth-order valence-electron chi connectivity index (χ4n) is 2.09. The number of aryl methyl sites for hydroxylation is 1. The van der Waals surface area contributed by atoms with Crippen LogP contribution in [0.1, 0.15) is 29.9 Å². The van der Waals surface area contributed by atoms with Gasteiger partial charge >= 0.3 is 0 Å². The Hall–Kier alpha value is -1.81. The lowest BCUT2D eigenvalue weighted by Crippen LogP contribution is -2.15. The van der Waals surface area contributed by atoms with Crippen molar-refractivity contribution >= 4 is 0 Å². The Kier molecular flexibility index (Phi) is 3.74. The van der Waals surface area contributed by atoms with E-state index in [4.69, 9.17) is 9.15 Å². The molecule has 3 nitrogen and oxygen atoms in total. The number of rotatable bonds is 6. The lowest BCUT2D eigenvalue weighted by atomic mass is 10.2. The van der Waals surface area contributed by atoms with E-state index >= 15 is 0 Å². The van der Waals surface area contributed by atoms with Crippen molar-refractivity contribution in [2.75, 3.05) is 0 Å². The van der Waals surface area contributed by atoms with E-state index in [1.54, 1.807) is 18.2 Å². The van der Waals surface area contributed by atoms with E-state index in [-0.39, 0.29) is 18.2 Å². The van der Waals surface area contributed by atoms with Crippen LogP contribution in [0.5, 0.6) is 5.75 Å². The van der Waals surface area contributed by atoms with E-state index in [1.165, 1.54) is 18.9 Å². The molecule has 1 aromatic carbocycles. The number of halogens is 1. The van der Waals surface area contributed by atoms with Crippen molar-refractivity contribution in [1.29, 1.82) is 0 Å². The molecule has 0 radical (unpaired) electrons. The highest BCUT2D eigenvalue weighted by Crippen LogP contribution is 2.22. The maximum Gasteiger partial charge on any atom is 0.165 e. The average molecular weight is 275 g/mol. The number of hydrogen-bond donors (Lipinski definition) is 1. The molecular formula is C16H18FNO2. The molecule has 2 aromatic rings. The van der Waals surface area contributed by atoms with E-state index in [1.807, 2.05) is 13.0 Å². The third kappa shape index (κ3) is 3.20. The minimum absolute atomic E-state index is 0.241. The summed E-state index contributed by atoms with van der Waals surface area (Å²) in [4.78, 5) is 0. The minimum Gasteiger partial charge on any atom is -0.483 e. The van der Waals surface area contributed by atoms with Crippen molar-refractivity contribution in [3.63, 3.8) is 0 Å². The molecule has 0 spiro atoms. The second-order valence-corrected chi connectivity index (χ2v) is 5.17. The molecule has 1 aliphatic carbocycles. The molecule has 0 amide bonds. The number of hydrogen-bond acceptors (Lipinski definition) is 3. The Bertz CT molecular complexity index is 590. The number of nitrogens with one attached hydrogen (secondary N) is 1. The van der Waals surface area contributed by atoms with Gasteiger partial charge in [0.15, 0.2) is 11.6 Å². The van der Waals surface area contributed by atoms with Crippen molar-refractivity contribution in [3.05, 3.63) is 53.2 Å². The van der Waals surface area contributed by atoms with Gasteiger partial charge in [0.05, 0.1) is 0 Å². The smallest absolute Gasteiger partial charge is 0.165 e. The first kappa shape index (κ1) is 13.2. The van der Waals surface area contributed by atoms with Gasteiger partial charge in [-0.1, -0.05) is 12.1 Å². The van der Waals surface area contributed by atoms with Crippen LogP contribution in [0, 0.1) is 12.7 Å². The molecular weight excluding hydrogens is 257 g/mol. The van der Waals surface area contributed by atoms with Crippen LogP contribution in [0.2, 0.25) is 0 Å². The molecule has 0 aliphatic heterocycles. The van der Waals surface area contributed by atoms with Crippen LogP contribution >= 0.6 is 0 Å². The quantitative estimate of drug-likeness (QED) is 0.875. The van der Waals surface area contributed by atoms with Gasteiger partial charge in [-0.25, -0.2) is 4.39 Å². The molecule has 0 atom stereocenters. The summed E-state index contributed by atoms with van der Waals surface area (Å²) in [6, 6.07) is 9.03. The molecule has 0 saturated heterocycles. The number of furan rings is 1. The van der Waals surface area contributed by atoms with Gasteiger partial charge in [-0.2, -0.15) is 0 Å². The van der Waals surface area contributed by atoms with Crippen molar-refractivity contribution in [2.24, 2.45) is 0 Å². The van der Waals surface area contributed by atoms with Gasteiger partial charge < -0.3 is 14.5 Å². The first-order valence-electron chi connectivity index (χ1n) is 6.91. The van der Waals surface area contributed by atoms with Gasteiger partial charge in [-0.3, -0.25) is 0 Å². The fraction of sp³-hybridized carbons (Fsp3) is 0.375. The Labute approximate surface area is 117 Å². The predicted octanol–water partition coefficient (Wildman–Crippen LogP) is 3.56. The van der Waals surface area contributed by atoms with Crippen LogP contribution in [0.15, 0.2) is 34.7 Å². The van der Waals surface area contributed by atoms with Crippen molar-refractivity contribution in [2.45, 2.75) is 39.0 Å². The second-order valence-electron chi connectivity index (χ2n) is 5.17. The molecule has 20 heavy (non-hydrogen) atoms. The van der Waals surface area contributed by atoms with Crippen LogP contribution in [0.3, 0.4) is 0 Å². The SMILES string of the molecule is Cc1oc(COc2ccccc2F)cc1CNC1CC1. The van der Waals surface area contributed by atoms with Gasteiger partial charge in [0.25, 0.3) is 0 Å². The first-order chi connectivity index (χ1) is 9.72. The lowest BCUT2D eigenvalue weighted by Gasteiger charge is -2.04. The summed E-state index contributed by atoms with van der Waals surface area (Å²) in [6.07, 6.45) is 2.53. The summed E-state index contributed by atoms with van der Waals surface area (Å²) >= 11 is 0. The van der Waals surface area contributed by atoms with E-state index in [2.05, 4.69) is 5.32 Å². The largest absolute Gasteiger partial charge is 0.483 e. The third-order valence-corrected chi connectivity index (χ3v) is 3.44. The summed E-state index contributed by atoms with van der Waals surface area (Å²) in [5, 5.41) is 3.45. The summed E-state index contributed by atoms with van der Waals surface area (Å²) < 4.78 is 24.5. The zero-order valence-corrected chi connectivity index (χ0v) is 11.5. The standard InChI is InChI=1S/C16H18FNO2/c1-11-12(9-18-13-6-7-13)8-14(20-11)10-19-16-5-3-2-4-15(16)17/h2-5,8,13,18H,6-7,9-10H2,1H3. The zero-order chi connectivity index (χ0) is 13.9. The summed E-state index contributed by atoms with van der Waals surface area (Å²) in [5.74, 6) is 1.51. The second kappa shape index (κ2) is 5.67. The first-order valence-corrected chi connectivity index (χ1v) is 6.91. The topological polar surface area (TPSA) is 34.4 Å². The molecule has 1 heterocycles. The molecule has 0 unspecified atom stereocenters. The van der Waals surface area contributed by atoms with Gasteiger partial charge in [0.1, 0.15) is 18.1 Å². The van der Waals surface area contributed by atoms with Gasteiger partial charge in [-0.05, 0) is 38.0 Å². The lowest BCUT2D eigenvalue weighted by molar-refractivity contribution is 0.256. The van der Waals surface area contributed by atoms with Crippen LogP contribution in [-0.2, 0) is 13.2 Å². The zero-order valence-electron chi connectivity index (χ0n) is 11.5. The number of ether oxygens (including phenoxy) is 1. The van der Waals surface area contributed by atoms with E-state index in [0.29, 0.717) is 6.04 Å². The number of benzene rings is 1. The Morgan fingerprint density at radius 2 is 2.15 bits per heavy atom. The molecule has 3 rings (SSSR count). The van der Waals surface area contributed by atoms with E-state index < -0.39 is 0 Å². The Balaban J connectivity index is 1.59. The molecule has 1 aliphatic rings. The summed E-state index contributed by atoms with van der Waals surface area (Å²) in [7, 11) is 0. The Morgan fingerprint density at radius 3 is 2.90 bits per heavy atom. The van der Waals surface area contributed by atoms with Crippen molar-refractivity contribution in [1.82, 2.24) is 5.32 Å². The van der Waals surface area contributed by atoms with E-state index in [9.17, 15) is 4.39 Å². The van der Waals surface area contributed by atoms with Gasteiger partial charge in [0, 0.05) is 18.2 Å². The third-order valence-electron chi connectivity index (χ3n) is 3.44. The molecule has 106 valence electrons.